The van der Waals surface area contributed by atoms with Crippen molar-refractivity contribution in [3.63, 3.8) is 0 Å². The quantitative estimate of drug-likeness (QED) is 0.101. The van der Waals surface area contributed by atoms with Crippen LogP contribution in [0.25, 0.3) is 6.08 Å². The molecule has 0 heterocycles. The van der Waals surface area contributed by atoms with E-state index >= 15 is 0 Å². The number of carbonyl (C=O) groups is 2. The maximum Gasteiger partial charge on any atom is 0.305 e. The van der Waals surface area contributed by atoms with Gasteiger partial charge in [-0.2, -0.15) is 0 Å². The molecule has 0 radical (unpaired) electrons. The molecule has 0 fully saturated rings. The highest BCUT2D eigenvalue weighted by atomic mass is 16.5. The number of ketones is 1. The minimum absolute atomic E-state index is 0.0479. The first-order valence-electron chi connectivity index (χ1n) is 16.1. The van der Waals surface area contributed by atoms with Crippen LogP contribution in [-0.2, 0) is 14.3 Å². The van der Waals surface area contributed by atoms with Gasteiger partial charge in [-0.25, -0.2) is 0 Å². The molecule has 238 valence electrons. The largest absolute Gasteiger partial charge is 0.469 e. The molecule has 0 aromatic heterocycles. The molecule has 1 aromatic rings. The summed E-state index contributed by atoms with van der Waals surface area (Å²) in [4.78, 5) is 24.6. The average Bonchev–Trinajstić information content (AvgIpc) is 3.00. The first-order chi connectivity index (χ1) is 20.1. The Morgan fingerprint density at radius 1 is 0.881 bits per heavy atom. The summed E-state index contributed by atoms with van der Waals surface area (Å²) in [6, 6.07) is 6.51. The maximum absolute atomic E-state index is 12.9. The molecule has 1 unspecified atom stereocenters. The van der Waals surface area contributed by atoms with Gasteiger partial charge in [0.05, 0.1) is 7.11 Å². The molecule has 0 saturated carbocycles. The van der Waals surface area contributed by atoms with E-state index in [1.165, 1.54) is 23.8 Å². The van der Waals surface area contributed by atoms with E-state index in [9.17, 15) is 9.59 Å². The summed E-state index contributed by atoms with van der Waals surface area (Å²) >= 11 is 0. The lowest BCUT2D eigenvalue weighted by Crippen LogP contribution is -2.04. The first kappa shape index (κ1) is 43.5. The Balaban J connectivity index is -0.00000171. The van der Waals surface area contributed by atoms with Crippen LogP contribution in [0.1, 0.15) is 144 Å². The number of methoxy groups -OCH3 is 1. The van der Waals surface area contributed by atoms with Gasteiger partial charge in [0.25, 0.3) is 0 Å². The van der Waals surface area contributed by atoms with E-state index < -0.39 is 0 Å². The highest BCUT2D eigenvalue weighted by molar-refractivity contribution is 6.03. The first-order valence-corrected chi connectivity index (χ1v) is 16.1. The van der Waals surface area contributed by atoms with Crippen molar-refractivity contribution in [1.82, 2.24) is 0 Å². The fourth-order valence-corrected chi connectivity index (χ4v) is 4.04. The summed E-state index contributed by atoms with van der Waals surface area (Å²) in [6.07, 6.45) is 17.3. The summed E-state index contributed by atoms with van der Waals surface area (Å²) in [5.74, 6) is 0.260. The number of hydrogen-bond donors (Lipinski definition) is 0. The Labute approximate surface area is 260 Å². The molecule has 1 aromatic carbocycles. The lowest BCUT2D eigenvalue weighted by atomic mass is 9.88. The second-order valence-electron chi connectivity index (χ2n) is 9.75. The van der Waals surface area contributed by atoms with E-state index in [4.69, 9.17) is 4.74 Å². The molecule has 0 aliphatic carbocycles. The van der Waals surface area contributed by atoms with Crippen LogP contribution in [0.2, 0.25) is 0 Å². The molecule has 1 atom stereocenters. The van der Waals surface area contributed by atoms with Crippen molar-refractivity contribution < 1.29 is 14.3 Å². The van der Waals surface area contributed by atoms with E-state index in [1.807, 2.05) is 53.7 Å². The predicted octanol–water partition coefficient (Wildman–Crippen LogP) is 12.1. The number of benzene rings is 1. The van der Waals surface area contributed by atoms with Crippen molar-refractivity contribution in [2.24, 2.45) is 0 Å². The number of aryl methyl sites for hydroxylation is 1. The van der Waals surface area contributed by atoms with E-state index in [1.54, 1.807) is 6.92 Å². The SMILES string of the molecule is C/C=C\C.CC.CC.CC\C=C(C)/C(=C\C=C(/CCC)CCC(=O)OC)C(=C/c1cc(C)ccc1C(C)CC)/C(C)=O. The molecule has 42 heavy (non-hydrogen) atoms. The summed E-state index contributed by atoms with van der Waals surface area (Å²) in [6.45, 7) is 26.5. The second-order valence-corrected chi connectivity index (χ2v) is 9.75. The van der Waals surface area contributed by atoms with Crippen LogP contribution in [0.5, 0.6) is 0 Å². The molecule has 0 N–H and O–H groups in total. The average molecular weight is 581 g/mol. The number of ether oxygens (including phenoxy) is 1. The third-order valence-corrected chi connectivity index (χ3v) is 6.56. The lowest BCUT2D eigenvalue weighted by molar-refractivity contribution is -0.140. The van der Waals surface area contributed by atoms with Crippen molar-refractivity contribution in [2.45, 2.75) is 134 Å². The number of Topliss-reactive ketones (excluding diaryl/α,β-unsaturated/α-hetero) is 1. The smallest absolute Gasteiger partial charge is 0.305 e. The molecule has 3 heteroatoms. The van der Waals surface area contributed by atoms with Crippen molar-refractivity contribution in [1.29, 1.82) is 0 Å². The monoisotopic (exact) mass is 580 g/mol. The molecular formula is C39H64O3. The zero-order valence-electron chi connectivity index (χ0n) is 29.7. The number of allylic oxidation sites excluding steroid dienone is 9. The van der Waals surface area contributed by atoms with E-state index in [2.05, 4.69) is 84.0 Å². The van der Waals surface area contributed by atoms with Gasteiger partial charge in [-0.3, -0.25) is 9.59 Å². The molecule has 0 amide bonds. The number of rotatable bonds is 13. The minimum Gasteiger partial charge on any atom is -0.469 e. The molecule has 0 bridgehead atoms. The summed E-state index contributed by atoms with van der Waals surface area (Å²) in [5, 5.41) is 0. The minimum atomic E-state index is -0.199. The molecular weight excluding hydrogens is 516 g/mol. The fraction of sp³-hybridized carbons (Fsp3) is 0.538. The van der Waals surface area contributed by atoms with Gasteiger partial charge in [0.1, 0.15) is 0 Å². The van der Waals surface area contributed by atoms with Gasteiger partial charge < -0.3 is 4.74 Å². The second kappa shape index (κ2) is 28.2. The lowest BCUT2D eigenvalue weighted by Gasteiger charge is -2.16. The normalized spacial score (nSPS) is 12.7. The molecule has 0 saturated heterocycles. The van der Waals surface area contributed by atoms with E-state index in [0.29, 0.717) is 18.8 Å². The van der Waals surface area contributed by atoms with Gasteiger partial charge >= 0.3 is 5.97 Å². The Morgan fingerprint density at radius 2 is 1.48 bits per heavy atom. The Bertz CT molecular complexity index is 1030. The highest BCUT2D eigenvalue weighted by Crippen LogP contribution is 2.30. The number of carbonyl (C=O) groups excluding carboxylic acids is 2. The van der Waals surface area contributed by atoms with Gasteiger partial charge in [0.15, 0.2) is 5.78 Å². The molecule has 1 rings (SSSR count). The highest BCUT2D eigenvalue weighted by Gasteiger charge is 2.15. The predicted molar refractivity (Wildman–Crippen MR) is 188 cm³/mol. The molecule has 0 aliphatic rings. The van der Waals surface area contributed by atoms with Gasteiger partial charge in [-0.05, 0) is 94.6 Å². The summed E-state index contributed by atoms with van der Waals surface area (Å²) in [5.41, 5.74) is 7.49. The number of hydrogen-bond acceptors (Lipinski definition) is 3. The molecule has 0 spiro atoms. The number of esters is 1. The van der Waals surface area contributed by atoms with Crippen molar-refractivity contribution in [3.8, 4) is 0 Å². The van der Waals surface area contributed by atoms with Gasteiger partial charge in [-0.1, -0.05) is 122 Å². The van der Waals surface area contributed by atoms with Gasteiger partial charge in [0, 0.05) is 12.0 Å². The van der Waals surface area contributed by atoms with E-state index in [0.717, 1.165) is 48.0 Å². The Kier molecular flexibility index (Phi) is 29.2. The standard InChI is InChI=1S/C31H44O3.C4H8.2C2H6/c1-9-12-24(6)29(18-15-26(13-10-2)16-19-31(33)34-8)30(25(7)32)21-27-20-22(4)14-17-28(27)23(5)11-3;1-3-4-2;2*1-2/h12,14-15,17-18,20-21,23H,9-11,13,16,19H2,1-8H3;3-4H,1-2H3;2*1-2H3/b24-12-,26-15+,29-18+,30-21+;4-3-;;. The molecule has 3 nitrogen and oxygen atoms in total. The zero-order valence-corrected chi connectivity index (χ0v) is 29.7. The Morgan fingerprint density at radius 3 is 1.93 bits per heavy atom. The van der Waals surface area contributed by atoms with Crippen LogP contribution >= 0.6 is 0 Å². The van der Waals surface area contributed by atoms with Crippen LogP contribution in [-0.4, -0.2) is 18.9 Å². The fourth-order valence-electron chi connectivity index (χ4n) is 4.04. The Hall–Kier alpha value is -2.94. The van der Waals surface area contributed by atoms with Gasteiger partial charge in [0.2, 0.25) is 0 Å². The van der Waals surface area contributed by atoms with Crippen molar-refractivity contribution >= 4 is 17.8 Å². The molecule has 0 aliphatic heterocycles. The van der Waals surface area contributed by atoms with Crippen LogP contribution in [0.15, 0.2) is 70.9 Å². The topological polar surface area (TPSA) is 43.4 Å². The summed E-state index contributed by atoms with van der Waals surface area (Å²) < 4.78 is 4.82. The van der Waals surface area contributed by atoms with Crippen molar-refractivity contribution in [3.05, 3.63) is 87.6 Å². The van der Waals surface area contributed by atoms with Crippen LogP contribution in [0, 0.1) is 6.92 Å². The van der Waals surface area contributed by atoms with E-state index in [-0.39, 0.29) is 11.8 Å². The van der Waals surface area contributed by atoms with Crippen LogP contribution in [0.3, 0.4) is 0 Å². The third-order valence-electron chi connectivity index (χ3n) is 6.56. The van der Waals surface area contributed by atoms with Crippen molar-refractivity contribution in [2.75, 3.05) is 7.11 Å². The van der Waals surface area contributed by atoms with Crippen LogP contribution in [0.4, 0.5) is 0 Å². The van der Waals surface area contributed by atoms with Crippen LogP contribution < -0.4 is 0 Å². The van der Waals surface area contributed by atoms with Gasteiger partial charge in [-0.15, -0.1) is 0 Å². The summed E-state index contributed by atoms with van der Waals surface area (Å²) in [7, 11) is 1.42. The maximum atomic E-state index is 12.9. The third kappa shape index (κ3) is 18.5. The zero-order chi connectivity index (χ0) is 33.1.